The van der Waals surface area contributed by atoms with Crippen LogP contribution in [-0.4, -0.2) is 74.9 Å². The number of esters is 2. The number of hydrogen-bond acceptors (Lipinski definition) is 7. The first-order valence-electron chi connectivity index (χ1n) is 21.9. The quantitative estimate of drug-likeness (QED) is 0.0215. The van der Waals surface area contributed by atoms with E-state index in [9.17, 15) is 19.0 Å². The molecule has 0 aromatic rings. The highest BCUT2D eigenvalue weighted by molar-refractivity contribution is 7.47. The average Bonchev–Trinajstić information content (AvgIpc) is 3.10. The molecule has 0 aromatic heterocycles. The zero-order valence-corrected chi connectivity index (χ0v) is 36.2. The standard InChI is InChI=1S/C43H84NO8P/c1-6-8-10-12-14-16-18-20-21-22-24-25-27-29-31-33-35-42(45)49-39-41(40-51-53(47,48)50-38-37-44(3,4)5)52-43(46)36-34-32-30-28-26-23-19-17-15-13-11-9-7-2/h21-22,41H,6-20,23-40H2,1-5H3/p+1/b22-21-/t41-/m1/s1. The van der Waals surface area contributed by atoms with Crippen molar-refractivity contribution in [1.29, 1.82) is 0 Å². The van der Waals surface area contributed by atoms with Crippen LogP contribution < -0.4 is 0 Å². The van der Waals surface area contributed by atoms with Gasteiger partial charge in [-0.2, -0.15) is 0 Å². The highest BCUT2D eigenvalue weighted by Gasteiger charge is 2.27. The summed E-state index contributed by atoms with van der Waals surface area (Å²) < 4.78 is 34.3. The number of hydrogen-bond donors (Lipinski definition) is 1. The summed E-state index contributed by atoms with van der Waals surface area (Å²) in [5.74, 6) is -0.800. The Bertz CT molecular complexity index is 922. The van der Waals surface area contributed by atoms with Crippen molar-refractivity contribution in [2.45, 2.75) is 206 Å². The highest BCUT2D eigenvalue weighted by atomic mass is 31.2. The SMILES string of the molecule is CCCCCCCCC/C=C\CCCCCCCC(=O)OC[C@H](COP(=O)(O)OCC[N+](C)(C)C)OC(=O)CCCCCCCCCCCCCCC. The number of rotatable bonds is 40. The maximum absolute atomic E-state index is 12.7. The molecule has 314 valence electrons. The summed E-state index contributed by atoms with van der Waals surface area (Å²) in [6.07, 6.45) is 36.8. The molecule has 1 unspecified atom stereocenters. The third kappa shape index (κ3) is 40.2. The first-order chi connectivity index (χ1) is 25.5. The average molecular weight is 775 g/mol. The van der Waals surface area contributed by atoms with E-state index >= 15 is 0 Å². The summed E-state index contributed by atoms with van der Waals surface area (Å²) >= 11 is 0. The van der Waals surface area contributed by atoms with E-state index in [4.69, 9.17) is 18.5 Å². The lowest BCUT2D eigenvalue weighted by Crippen LogP contribution is -2.37. The molecule has 0 rings (SSSR count). The monoisotopic (exact) mass is 775 g/mol. The van der Waals surface area contributed by atoms with Crippen molar-refractivity contribution in [1.82, 2.24) is 0 Å². The van der Waals surface area contributed by atoms with Gasteiger partial charge in [-0.1, -0.05) is 161 Å². The van der Waals surface area contributed by atoms with E-state index < -0.39 is 26.5 Å². The fourth-order valence-electron chi connectivity index (χ4n) is 6.07. The summed E-state index contributed by atoms with van der Waals surface area (Å²) in [7, 11) is 1.48. The molecule has 0 spiro atoms. The van der Waals surface area contributed by atoms with Gasteiger partial charge in [0.25, 0.3) is 0 Å². The molecule has 0 aliphatic rings. The van der Waals surface area contributed by atoms with Crippen molar-refractivity contribution in [3.63, 3.8) is 0 Å². The van der Waals surface area contributed by atoms with E-state index in [1.807, 2.05) is 21.1 Å². The lowest BCUT2D eigenvalue weighted by molar-refractivity contribution is -0.870. The number of ether oxygens (including phenoxy) is 2. The summed E-state index contributed by atoms with van der Waals surface area (Å²) in [5, 5.41) is 0. The highest BCUT2D eigenvalue weighted by Crippen LogP contribution is 2.43. The van der Waals surface area contributed by atoms with Crippen molar-refractivity contribution >= 4 is 19.8 Å². The van der Waals surface area contributed by atoms with Gasteiger partial charge in [0, 0.05) is 12.8 Å². The van der Waals surface area contributed by atoms with Crippen LogP contribution in [0.2, 0.25) is 0 Å². The number of likely N-dealkylation sites (N-methyl/N-ethyl adjacent to an activating group) is 1. The smallest absolute Gasteiger partial charge is 0.462 e. The van der Waals surface area contributed by atoms with Crippen LogP contribution in [0, 0.1) is 0 Å². The fourth-order valence-corrected chi connectivity index (χ4v) is 6.81. The normalized spacial score (nSPS) is 13.7. The maximum Gasteiger partial charge on any atom is 0.472 e. The van der Waals surface area contributed by atoms with Crippen molar-refractivity contribution < 1.29 is 42.1 Å². The van der Waals surface area contributed by atoms with E-state index in [1.165, 1.54) is 116 Å². The van der Waals surface area contributed by atoms with E-state index in [0.29, 0.717) is 17.4 Å². The molecule has 0 aliphatic heterocycles. The van der Waals surface area contributed by atoms with E-state index in [2.05, 4.69) is 26.0 Å². The molecule has 53 heavy (non-hydrogen) atoms. The summed E-state index contributed by atoms with van der Waals surface area (Å²) in [4.78, 5) is 35.3. The minimum absolute atomic E-state index is 0.0335. The summed E-state index contributed by atoms with van der Waals surface area (Å²) in [6.45, 7) is 4.43. The molecular formula is C43H85NO8P+. The number of quaternary nitrogens is 1. The second-order valence-corrected chi connectivity index (χ2v) is 17.5. The number of allylic oxidation sites excluding steroid dienone is 2. The first-order valence-corrected chi connectivity index (χ1v) is 23.4. The fraction of sp³-hybridized carbons (Fsp3) is 0.907. The molecule has 0 saturated carbocycles. The summed E-state index contributed by atoms with van der Waals surface area (Å²) in [5.41, 5.74) is 0. The number of carbonyl (C=O) groups is 2. The number of phosphoric ester groups is 1. The Morgan fingerprint density at radius 2 is 0.962 bits per heavy atom. The van der Waals surface area contributed by atoms with Crippen LogP contribution in [0.25, 0.3) is 0 Å². The van der Waals surface area contributed by atoms with Crippen LogP contribution in [0.15, 0.2) is 12.2 Å². The van der Waals surface area contributed by atoms with Crippen LogP contribution in [0.4, 0.5) is 0 Å². The van der Waals surface area contributed by atoms with E-state index in [0.717, 1.165) is 51.4 Å². The lowest BCUT2D eigenvalue weighted by atomic mass is 10.0. The Kier molecular flexibility index (Phi) is 35.5. The van der Waals surface area contributed by atoms with Crippen molar-refractivity contribution in [3.8, 4) is 0 Å². The zero-order valence-electron chi connectivity index (χ0n) is 35.3. The molecular weight excluding hydrogens is 689 g/mol. The Balaban J connectivity index is 4.34. The molecule has 0 bridgehead atoms. The Labute approximate surface area is 326 Å². The van der Waals surface area contributed by atoms with Gasteiger partial charge < -0.3 is 18.9 Å². The van der Waals surface area contributed by atoms with E-state index in [-0.39, 0.29) is 32.0 Å². The largest absolute Gasteiger partial charge is 0.472 e. The van der Waals surface area contributed by atoms with E-state index in [1.54, 1.807) is 0 Å². The minimum Gasteiger partial charge on any atom is -0.462 e. The molecule has 0 fully saturated rings. The van der Waals surface area contributed by atoms with Gasteiger partial charge >= 0.3 is 19.8 Å². The predicted octanol–water partition coefficient (Wildman–Crippen LogP) is 12.2. The van der Waals surface area contributed by atoms with Gasteiger partial charge in [0.15, 0.2) is 6.10 Å². The predicted molar refractivity (Wildman–Crippen MR) is 220 cm³/mol. The van der Waals surface area contributed by atoms with Crippen molar-refractivity contribution in [2.24, 2.45) is 0 Å². The van der Waals surface area contributed by atoms with Gasteiger partial charge in [-0.05, 0) is 38.5 Å². The number of phosphoric acid groups is 1. The molecule has 1 N–H and O–H groups in total. The maximum atomic E-state index is 12.7. The van der Waals surface area contributed by atoms with Crippen LogP contribution in [-0.2, 0) is 32.7 Å². The third-order valence-corrected chi connectivity index (χ3v) is 10.5. The van der Waals surface area contributed by atoms with Gasteiger partial charge in [0.1, 0.15) is 19.8 Å². The molecule has 0 saturated heterocycles. The van der Waals surface area contributed by atoms with Gasteiger partial charge in [-0.15, -0.1) is 0 Å². The Morgan fingerprint density at radius 1 is 0.566 bits per heavy atom. The topological polar surface area (TPSA) is 108 Å². The Hall–Kier alpha value is -1.25. The molecule has 0 radical (unpaired) electrons. The molecule has 10 heteroatoms. The number of nitrogens with zero attached hydrogens (tertiary/aromatic N) is 1. The van der Waals surface area contributed by atoms with Crippen LogP contribution in [0.1, 0.15) is 200 Å². The van der Waals surface area contributed by atoms with Crippen molar-refractivity contribution in [2.75, 3.05) is 47.5 Å². The van der Waals surface area contributed by atoms with Gasteiger partial charge in [-0.25, -0.2) is 4.57 Å². The molecule has 0 heterocycles. The number of carbonyl (C=O) groups excluding carboxylic acids is 2. The molecule has 2 atom stereocenters. The molecule has 0 aromatic carbocycles. The summed E-state index contributed by atoms with van der Waals surface area (Å²) in [6, 6.07) is 0. The minimum atomic E-state index is -4.37. The van der Waals surface area contributed by atoms with Crippen molar-refractivity contribution in [3.05, 3.63) is 12.2 Å². The van der Waals surface area contributed by atoms with Crippen LogP contribution >= 0.6 is 7.82 Å². The van der Waals surface area contributed by atoms with Gasteiger partial charge in [0.2, 0.25) is 0 Å². The molecule has 0 aliphatic carbocycles. The Morgan fingerprint density at radius 3 is 1.40 bits per heavy atom. The zero-order chi connectivity index (χ0) is 39.3. The lowest BCUT2D eigenvalue weighted by Gasteiger charge is -2.24. The van der Waals surface area contributed by atoms with Crippen LogP contribution in [0.5, 0.6) is 0 Å². The van der Waals surface area contributed by atoms with Gasteiger partial charge in [-0.3, -0.25) is 18.6 Å². The van der Waals surface area contributed by atoms with Gasteiger partial charge in [0.05, 0.1) is 27.7 Å². The third-order valence-electron chi connectivity index (χ3n) is 9.55. The van der Waals surface area contributed by atoms with Crippen LogP contribution in [0.3, 0.4) is 0 Å². The second-order valence-electron chi connectivity index (χ2n) is 16.1. The number of unbranched alkanes of at least 4 members (excludes halogenated alkanes) is 24. The molecule has 9 nitrogen and oxygen atoms in total. The molecule has 0 amide bonds. The first kappa shape index (κ1) is 51.8. The second kappa shape index (κ2) is 36.4.